The van der Waals surface area contributed by atoms with Gasteiger partial charge in [0.25, 0.3) is 11.9 Å². The van der Waals surface area contributed by atoms with Crippen LogP contribution in [0.2, 0.25) is 0 Å². The molecule has 0 fully saturated rings. The second-order valence-corrected chi connectivity index (χ2v) is 5.73. The summed E-state index contributed by atoms with van der Waals surface area (Å²) in [5, 5.41) is 12.2. The van der Waals surface area contributed by atoms with E-state index in [-0.39, 0.29) is 11.9 Å². The average molecular weight is 358 g/mol. The van der Waals surface area contributed by atoms with E-state index in [1.165, 1.54) is 4.52 Å². The Kier molecular flexibility index (Phi) is 5.47. The van der Waals surface area contributed by atoms with Crippen LogP contribution in [0.25, 0.3) is 11.2 Å². The first-order valence-electron chi connectivity index (χ1n) is 8.63. The Morgan fingerprint density at radius 3 is 2.73 bits per heavy atom. The van der Waals surface area contributed by atoms with Crippen LogP contribution in [0.5, 0.6) is 0 Å². The zero-order valence-electron chi connectivity index (χ0n) is 14.8. The SMILES string of the molecule is CCNC(=O)Nc1nc2cc(C3=CCOCC3)cc(C(=O)NCC)n2n1. The van der Waals surface area contributed by atoms with Gasteiger partial charge in [0.05, 0.1) is 13.2 Å². The molecule has 0 saturated carbocycles. The predicted octanol–water partition coefficient (Wildman–Crippen LogP) is 1.42. The van der Waals surface area contributed by atoms with Gasteiger partial charge in [0, 0.05) is 13.1 Å². The number of nitrogens with one attached hydrogen (secondary N) is 3. The Morgan fingerprint density at radius 1 is 1.23 bits per heavy atom. The highest BCUT2D eigenvalue weighted by Crippen LogP contribution is 2.24. The molecule has 2 aromatic rings. The lowest BCUT2D eigenvalue weighted by atomic mass is 10.0. The Balaban J connectivity index is 2.04. The van der Waals surface area contributed by atoms with E-state index in [0.29, 0.717) is 37.6 Å². The molecule has 0 aromatic carbocycles. The lowest BCUT2D eigenvalue weighted by Gasteiger charge is -2.15. The molecule has 0 radical (unpaired) electrons. The normalized spacial score (nSPS) is 14.0. The lowest BCUT2D eigenvalue weighted by Crippen LogP contribution is -2.28. The molecule has 0 unspecified atom stereocenters. The fraction of sp³-hybridized carbons (Fsp3) is 0.412. The minimum Gasteiger partial charge on any atom is -0.377 e. The highest BCUT2D eigenvalue weighted by Gasteiger charge is 2.18. The van der Waals surface area contributed by atoms with Crippen LogP contribution in [0, 0.1) is 0 Å². The molecule has 3 heterocycles. The summed E-state index contributed by atoms with van der Waals surface area (Å²) in [7, 11) is 0. The third kappa shape index (κ3) is 3.83. The van der Waals surface area contributed by atoms with Crippen molar-refractivity contribution >= 4 is 29.1 Å². The molecule has 2 aromatic heterocycles. The molecular weight excluding hydrogens is 336 g/mol. The number of carbonyl (C=O) groups is 2. The number of hydrogen-bond acceptors (Lipinski definition) is 5. The van der Waals surface area contributed by atoms with Crippen LogP contribution in [0.3, 0.4) is 0 Å². The molecule has 9 heteroatoms. The topological polar surface area (TPSA) is 110 Å². The van der Waals surface area contributed by atoms with Gasteiger partial charge >= 0.3 is 6.03 Å². The number of nitrogens with zero attached hydrogens (tertiary/aromatic N) is 3. The van der Waals surface area contributed by atoms with Gasteiger partial charge in [-0.3, -0.25) is 10.1 Å². The third-order valence-corrected chi connectivity index (χ3v) is 3.90. The maximum absolute atomic E-state index is 12.5. The Bertz CT molecular complexity index is 858. The van der Waals surface area contributed by atoms with E-state index in [0.717, 1.165) is 17.6 Å². The van der Waals surface area contributed by atoms with Gasteiger partial charge in [0.2, 0.25) is 0 Å². The minimum absolute atomic E-state index is 0.139. The first-order chi connectivity index (χ1) is 12.6. The summed E-state index contributed by atoms with van der Waals surface area (Å²) in [6.45, 7) is 5.85. The van der Waals surface area contributed by atoms with E-state index >= 15 is 0 Å². The van der Waals surface area contributed by atoms with Crippen molar-refractivity contribution in [1.82, 2.24) is 25.2 Å². The number of carbonyl (C=O) groups excluding carboxylic acids is 2. The summed E-state index contributed by atoms with van der Waals surface area (Å²) in [6.07, 6.45) is 2.77. The number of anilines is 1. The molecule has 3 amide bonds. The molecule has 9 nitrogen and oxygen atoms in total. The van der Waals surface area contributed by atoms with Gasteiger partial charge in [-0.05, 0) is 43.5 Å². The van der Waals surface area contributed by atoms with Crippen molar-refractivity contribution in [3.8, 4) is 0 Å². The molecule has 0 saturated heterocycles. The van der Waals surface area contributed by atoms with Gasteiger partial charge in [-0.15, -0.1) is 5.10 Å². The fourth-order valence-electron chi connectivity index (χ4n) is 2.73. The standard InChI is InChI=1S/C17H22N6O3/c1-3-18-15(24)13-9-12(11-5-7-26-8-6-11)10-14-20-16(22-23(13)14)21-17(25)19-4-2/h5,9-10H,3-4,6-8H2,1-2H3,(H,18,24)(H2,19,21,22,25). The van der Waals surface area contributed by atoms with Gasteiger partial charge in [0.15, 0.2) is 5.65 Å². The van der Waals surface area contributed by atoms with Gasteiger partial charge in [-0.2, -0.15) is 4.98 Å². The number of hydrogen-bond donors (Lipinski definition) is 3. The molecule has 1 aliphatic rings. The predicted molar refractivity (Wildman–Crippen MR) is 97.1 cm³/mol. The Labute approximate surface area is 150 Å². The molecule has 3 N–H and O–H groups in total. The molecule has 138 valence electrons. The van der Waals surface area contributed by atoms with Gasteiger partial charge in [-0.1, -0.05) is 6.08 Å². The maximum atomic E-state index is 12.5. The molecule has 1 aliphatic heterocycles. The van der Waals surface area contributed by atoms with Crippen LogP contribution >= 0.6 is 0 Å². The maximum Gasteiger partial charge on any atom is 0.321 e. The highest BCUT2D eigenvalue weighted by molar-refractivity contribution is 5.94. The van der Waals surface area contributed by atoms with Gasteiger partial charge in [-0.25, -0.2) is 9.31 Å². The van der Waals surface area contributed by atoms with Crippen LogP contribution in [-0.4, -0.2) is 52.8 Å². The number of pyridine rings is 1. The number of urea groups is 1. The summed E-state index contributed by atoms with van der Waals surface area (Å²) in [6, 6.07) is 3.26. The first-order valence-corrected chi connectivity index (χ1v) is 8.63. The molecule has 0 aliphatic carbocycles. The molecule has 0 atom stereocenters. The van der Waals surface area contributed by atoms with Crippen LogP contribution in [-0.2, 0) is 4.74 Å². The lowest BCUT2D eigenvalue weighted by molar-refractivity contribution is 0.0948. The number of rotatable bonds is 5. The minimum atomic E-state index is -0.393. The van der Waals surface area contributed by atoms with Gasteiger partial charge < -0.3 is 15.4 Å². The number of aromatic nitrogens is 3. The fourth-order valence-corrected chi connectivity index (χ4v) is 2.73. The van der Waals surface area contributed by atoms with Crippen LogP contribution in [0.4, 0.5) is 10.7 Å². The monoisotopic (exact) mass is 358 g/mol. The summed E-state index contributed by atoms with van der Waals surface area (Å²) in [5.74, 6) is -0.110. The first kappa shape index (κ1) is 17.9. The van der Waals surface area contributed by atoms with Crippen LogP contribution < -0.4 is 16.0 Å². The van der Waals surface area contributed by atoms with Crippen molar-refractivity contribution in [1.29, 1.82) is 0 Å². The molecule has 0 spiro atoms. The van der Waals surface area contributed by atoms with Crippen molar-refractivity contribution in [3.05, 3.63) is 29.5 Å². The van der Waals surface area contributed by atoms with Gasteiger partial charge in [0.1, 0.15) is 5.69 Å². The summed E-state index contributed by atoms with van der Waals surface area (Å²) < 4.78 is 6.79. The van der Waals surface area contributed by atoms with Crippen LogP contribution in [0.1, 0.15) is 36.3 Å². The zero-order chi connectivity index (χ0) is 18.5. The quantitative estimate of drug-likeness (QED) is 0.749. The second kappa shape index (κ2) is 7.96. The molecule has 0 bridgehead atoms. The van der Waals surface area contributed by atoms with Crippen molar-refractivity contribution in [2.24, 2.45) is 0 Å². The average Bonchev–Trinajstić information content (AvgIpc) is 3.04. The number of fused-ring (bicyclic) bond motifs is 1. The molecule has 26 heavy (non-hydrogen) atoms. The summed E-state index contributed by atoms with van der Waals surface area (Å²) >= 11 is 0. The zero-order valence-corrected chi connectivity index (χ0v) is 14.8. The summed E-state index contributed by atoms with van der Waals surface area (Å²) in [4.78, 5) is 28.5. The van der Waals surface area contributed by atoms with E-state index in [2.05, 4.69) is 26.0 Å². The Hall–Kier alpha value is -2.94. The van der Waals surface area contributed by atoms with E-state index in [4.69, 9.17) is 4.74 Å². The largest absolute Gasteiger partial charge is 0.377 e. The van der Waals surface area contributed by atoms with E-state index in [9.17, 15) is 9.59 Å². The Morgan fingerprint density at radius 2 is 2.04 bits per heavy atom. The summed E-state index contributed by atoms with van der Waals surface area (Å²) in [5.41, 5.74) is 2.86. The highest BCUT2D eigenvalue weighted by atomic mass is 16.5. The smallest absolute Gasteiger partial charge is 0.321 e. The molecule has 3 rings (SSSR count). The van der Waals surface area contributed by atoms with E-state index in [1.54, 1.807) is 6.07 Å². The number of amides is 3. The second-order valence-electron chi connectivity index (χ2n) is 5.73. The van der Waals surface area contributed by atoms with Crippen molar-refractivity contribution in [2.75, 3.05) is 31.6 Å². The van der Waals surface area contributed by atoms with Crippen LogP contribution in [0.15, 0.2) is 18.2 Å². The third-order valence-electron chi connectivity index (χ3n) is 3.90. The van der Waals surface area contributed by atoms with Crippen molar-refractivity contribution in [3.63, 3.8) is 0 Å². The molecular formula is C17H22N6O3. The van der Waals surface area contributed by atoms with Crippen molar-refractivity contribution in [2.45, 2.75) is 20.3 Å². The number of ether oxygens (including phenoxy) is 1. The van der Waals surface area contributed by atoms with E-state index in [1.807, 2.05) is 26.0 Å². The van der Waals surface area contributed by atoms with Crippen molar-refractivity contribution < 1.29 is 14.3 Å². The van der Waals surface area contributed by atoms with E-state index < -0.39 is 6.03 Å².